The molecule has 0 radical (unpaired) electrons. The van der Waals surface area contributed by atoms with Gasteiger partial charge in [0.15, 0.2) is 11.5 Å². The Morgan fingerprint density at radius 1 is 0.878 bits per heavy atom. The van der Waals surface area contributed by atoms with E-state index in [2.05, 4.69) is 13.8 Å². The molecule has 8 nitrogen and oxygen atoms in total. The monoisotopic (exact) mass is 595 g/mol. The lowest BCUT2D eigenvalue weighted by Gasteiger charge is -2.17. The van der Waals surface area contributed by atoms with Crippen molar-refractivity contribution in [2.75, 3.05) is 19.8 Å². The van der Waals surface area contributed by atoms with Gasteiger partial charge in [-0.3, -0.25) is 14.5 Å². The van der Waals surface area contributed by atoms with Gasteiger partial charge in [0.25, 0.3) is 11.1 Å². The minimum absolute atomic E-state index is 0.0201. The van der Waals surface area contributed by atoms with E-state index in [1.807, 2.05) is 32.0 Å². The molecule has 0 atom stereocenters. The van der Waals surface area contributed by atoms with Crippen LogP contribution in [0.1, 0.15) is 48.9 Å². The Morgan fingerprint density at radius 2 is 1.59 bits per heavy atom. The molecule has 1 aliphatic rings. The topological polar surface area (TPSA) is 99.2 Å². The Morgan fingerprint density at radius 3 is 2.27 bits per heavy atom. The predicted octanol–water partition coefficient (Wildman–Crippen LogP) is 6.71. The molecule has 1 heterocycles. The van der Waals surface area contributed by atoms with E-state index in [0.717, 1.165) is 39.1 Å². The number of carbonyl (C=O) groups is 2. The number of amides is 2. The summed E-state index contributed by atoms with van der Waals surface area (Å²) in [5.41, 5.74) is 3.60. The zero-order valence-electron chi connectivity index (χ0n) is 23.7. The fraction of sp³-hybridized carbons (Fsp3) is 0.290. The molecule has 10 heteroatoms. The van der Waals surface area contributed by atoms with Crippen LogP contribution in [0.4, 0.5) is 4.79 Å². The highest BCUT2D eigenvalue weighted by molar-refractivity contribution is 8.18. The molecule has 3 aromatic carbocycles. The van der Waals surface area contributed by atoms with Gasteiger partial charge in [0.05, 0.1) is 18.1 Å². The number of ether oxygens (including phenoxy) is 2. The van der Waals surface area contributed by atoms with Gasteiger partial charge in [-0.2, -0.15) is 8.42 Å². The van der Waals surface area contributed by atoms with E-state index in [1.54, 1.807) is 37.3 Å². The average molecular weight is 596 g/mol. The van der Waals surface area contributed by atoms with E-state index in [9.17, 15) is 18.0 Å². The lowest BCUT2D eigenvalue weighted by Crippen LogP contribution is -2.32. The number of carbonyl (C=O) groups excluding carboxylic acids is 2. The van der Waals surface area contributed by atoms with Gasteiger partial charge in [-0.05, 0) is 91.5 Å². The van der Waals surface area contributed by atoms with Crippen LogP contribution < -0.4 is 13.7 Å². The normalized spacial score (nSPS) is 14.7. The SMILES string of the molecule is CCOc1cc(/C=C2\SC(=O)N(CCOc3cc(C)ccc3C(C)C)C2=O)ccc1OS(=O)(=O)c1ccc(C)cc1. The standard InChI is InChI=1S/C31H33NO7S2/c1-6-37-28-18-23(10-14-26(28)39-41(35,36)24-11-7-21(4)8-12-24)19-29-30(33)32(31(34)40-29)15-16-38-27-17-22(5)9-13-25(27)20(2)3/h7-14,17-20H,6,15-16H2,1-5H3/b29-19-. The van der Waals surface area contributed by atoms with Crippen molar-refractivity contribution < 1.29 is 31.7 Å². The summed E-state index contributed by atoms with van der Waals surface area (Å²) in [4.78, 5) is 27.1. The molecule has 0 aliphatic carbocycles. The van der Waals surface area contributed by atoms with Gasteiger partial charge in [0, 0.05) is 0 Å². The molecule has 0 spiro atoms. The van der Waals surface area contributed by atoms with Crippen molar-refractivity contribution in [1.29, 1.82) is 0 Å². The number of thioether (sulfide) groups is 1. The third-order valence-corrected chi connectivity index (χ3v) is 8.47. The molecule has 41 heavy (non-hydrogen) atoms. The maximum atomic E-state index is 13.1. The molecule has 216 valence electrons. The molecule has 0 N–H and O–H groups in total. The van der Waals surface area contributed by atoms with Crippen LogP contribution in [0.3, 0.4) is 0 Å². The van der Waals surface area contributed by atoms with Crippen LogP contribution in [-0.4, -0.2) is 44.2 Å². The third kappa shape index (κ3) is 7.31. The van der Waals surface area contributed by atoms with Crippen molar-refractivity contribution in [1.82, 2.24) is 4.90 Å². The van der Waals surface area contributed by atoms with Crippen LogP contribution in [0.25, 0.3) is 6.08 Å². The molecular formula is C31H33NO7S2. The number of hydrogen-bond acceptors (Lipinski definition) is 8. The lowest BCUT2D eigenvalue weighted by atomic mass is 10.0. The quantitative estimate of drug-likeness (QED) is 0.178. The van der Waals surface area contributed by atoms with E-state index in [-0.39, 0.29) is 52.2 Å². The summed E-state index contributed by atoms with van der Waals surface area (Å²) in [6, 6.07) is 17.0. The van der Waals surface area contributed by atoms with Crippen molar-refractivity contribution in [3.63, 3.8) is 0 Å². The highest BCUT2D eigenvalue weighted by Crippen LogP contribution is 2.36. The first kappa shape index (κ1) is 30.2. The van der Waals surface area contributed by atoms with Crippen molar-refractivity contribution in [3.8, 4) is 17.2 Å². The summed E-state index contributed by atoms with van der Waals surface area (Å²) in [6.45, 7) is 10.3. The molecule has 1 saturated heterocycles. The summed E-state index contributed by atoms with van der Waals surface area (Å²) in [6.07, 6.45) is 1.57. The number of rotatable bonds is 11. The summed E-state index contributed by atoms with van der Waals surface area (Å²) in [5.74, 6) is 0.817. The zero-order valence-corrected chi connectivity index (χ0v) is 25.3. The van der Waals surface area contributed by atoms with Gasteiger partial charge < -0.3 is 13.7 Å². The molecule has 0 saturated carbocycles. The summed E-state index contributed by atoms with van der Waals surface area (Å²) in [5, 5.41) is -0.382. The molecule has 0 unspecified atom stereocenters. The Labute approximate surface area is 245 Å². The second kappa shape index (κ2) is 12.8. The van der Waals surface area contributed by atoms with Crippen LogP contribution in [0.15, 0.2) is 70.5 Å². The number of imide groups is 1. The minimum Gasteiger partial charge on any atom is -0.491 e. The van der Waals surface area contributed by atoms with Crippen molar-refractivity contribution in [2.24, 2.45) is 0 Å². The van der Waals surface area contributed by atoms with Crippen molar-refractivity contribution in [3.05, 3.63) is 87.8 Å². The average Bonchev–Trinajstić information content (AvgIpc) is 3.17. The largest absolute Gasteiger partial charge is 0.491 e. The fourth-order valence-electron chi connectivity index (χ4n) is 4.16. The predicted molar refractivity (Wildman–Crippen MR) is 160 cm³/mol. The molecule has 2 amide bonds. The van der Waals surface area contributed by atoms with E-state index in [4.69, 9.17) is 13.7 Å². The number of aryl methyl sites for hydroxylation is 2. The second-order valence-corrected chi connectivity index (χ2v) is 12.4. The van der Waals surface area contributed by atoms with Gasteiger partial charge in [-0.25, -0.2) is 0 Å². The Hall–Kier alpha value is -3.76. The highest BCUT2D eigenvalue weighted by Gasteiger charge is 2.35. The Bertz CT molecular complexity index is 1580. The van der Waals surface area contributed by atoms with Crippen LogP contribution in [0.2, 0.25) is 0 Å². The Balaban J connectivity index is 1.48. The van der Waals surface area contributed by atoms with Gasteiger partial charge >= 0.3 is 10.1 Å². The van der Waals surface area contributed by atoms with Crippen molar-refractivity contribution >= 4 is 39.1 Å². The first-order chi connectivity index (χ1) is 19.5. The van der Waals surface area contributed by atoms with Crippen LogP contribution >= 0.6 is 11.8 Å². The number of nitrogens with zero attached hydrogens (tertiary/aromatic N) is 1. The summed E-state index contributed by atoms with van der Waals surface area (Å²) < 4.78 is 42.6. The van der Waals surface area contributed by atoms with E-state index in [0.29, 0.717) is 5.56 Å². The number of hydrogen-bond donors (Lipinski definition) is 0. The molecule has 0 bridgehead atoms. The smallest absolute Gasteiger partial charge is 0.339 e. The molecule has 1 aliphatic heterocycles. The zero-order chi connectivity index (χ0) is 29.7. The van der Waals surface area contributed by atoms with Crippen molar-refractivity contribution in [2.45, 2.75) is 45.4 Å². The van der Waals surface area contributed by atoms with E-state index in [1.165, 1.54) is 18.2 Å². The molecule has 3 aromatic rings. The third-order valence-electron chi connectivity index (χ3n) is 6.31. The highest BCUT2D eigenvalue weighted by atomic mass is 32.2. The van der Waals surface area contributed by atoms with E-state index >= 15 is 0 Å². The molecule has 0 aromatic heterocycles. The lowest BCUT2D eigenvalue weighted by molar-refractivity contribution is -0.123. The Kier molecular flexibility index (Phi) is 9.45. The van der Waals surface area contributed by atoms with Gasteiger partial charge in [0.1, 0.15) is 17.3 Å². The van der Waals surface area contributed by atoms with Crippen LogP contribution in [0, 0.1) is 13.8 Å². The maximum absolute atomic E-state index is 13.1. The van der Waals surface area contributed by atoms with Gasteiger partial charge in [0.2, 0.25) is 0 Å². The van der Waals surface area contributed by atoms with Crippen LogP contribution in [0.5, 0.6) is 17.2 Å². The number of benzene rings is 3. The van der Waals surface area contributed by atoms with Gasteiger partial charge in [-0.1, -0.05) is 49.7 Å². The first-order valence-corrected chi connectivity index (χ1v) is 15.5. The van der Waals surface area contributed by atoms with Gasteiger partial charge in [-0.15, -0.1) is 0 Å². The van der Waals surface area contributed by atoms with Crippen LogP contribution in [-0.2, 0) is 14.9 Å². The molecular weight excluding hydrogens is 562 g/mol. The summed E-state index contributed by atoms with van der Waals surface area (Å²) >= 11 is 0.840. The minimum atomic E-state index is -4.09. The summed E-state index contributed by atoms with van der Waals surface area (Å²) in [7, 11) is -4.09. The fourth-order valence-corrected chi connectivity index (χ4v) is 5.96. The van der Waals surface area contributed by atoms with E-state index < -0.39 is 16.0 Å². The second-order valence-electron chi connectivity index (χ2n) is 9.87. The molecule has 1 fully saturated rings. The maximum Gasteiger partial charge on any atom is 0.339 e. The first-order valence-electron chi connectivity index (χ1n) is 13.2. The molecule has 4 rings (SSSR count).